The molecule has 0 atom stereocenters. The SMILES string of the molecule is Cc1c(C(=O)Nc2cccc(Cn3ccnc3)c2)cnn1-c1ccc(F)cc1. The fourth-order valence-corrected chi connectivity index (χ4v) is 3.01. The molecule has 0 aliphatic rings. The van der Waals surface area contributed by atoms with E-state index in [2.05, 4.69) is 15.4 Å². The number of nitrogens with one attached hydrogen (secondary N) is 1. The molecule has 6 nitrogen and oxygen atoms in total. The summed E-state index contributed by atoms with van der Waals surface area (Å²) in [5, 5.41) is 7.18. The van der Waals surface area contributed by atoms with Gasteiger partial charge in [0.25, 0.3) is 5.91 Å². The second-order valence-corrected chi connectivity index (χ2v) is 6.42. The van der Waals surface area contributed by atoms with Crippen LogP contribution in [-0.2, 0) is 6.54 Å². The summed E-state index contributed by atoms with van der Waals surface area (Å²) in [5.74, 6) is -0.562. The largest absolute Gasteiger partial charge is 0.333 e. The number of hydrogen-bond donors (Lipinski definition) is 1. The predicted molar refractivity (Wildman–Crippen MR) is 104 cm³/mol. The Morgan fingerprint density at radius 2 is 2.00 bits per heavy atom. The summed E-state index contributed by atoms with van der Waals surface area (Å²) in [6.07, 6.45) is 6.88. The number of aromatic nitrogens is 4. The highest BCUT2D eigenvalue weighted by Crippen LogP contribution is 2.18. The Bertz CT molecular complexity index is 1100. The fraction of sp³-hybridized carbons (Fsp3) is 0.0952. The van der Waals surface area contributed by atoms with Crippen LogP contribution in [0.1, 0.15) is 21.6 Å². The Kier molecular flexibility index (Phi) is 4.72. The molecule has 0 spiro atoms. The quantitative estimate of drug-likeness (QED) is 0.577. The minimum atomic E-state index is -0.317. The van der Waals surface area contributed by atoms with Gasteiger partial charge in [0.2, 0.25) is 0 Å². The third-order valence-electron chi connectivity index (χ3n) is 4.43. The fourth-order valence-electron chi connectivity index (χ4n) is 3.01. The van der Waals surface area contributed by atoms with Crippen LogP contribution >= 0.6 is 0 Å². The summed E-state index contributed by atoms with van der Waals surface area (Å²) in [6, 6.07) is 13.6. The lowest BCUT2D eigenvalue weighted by atomic mass is 10.2. The van der Waals surface area contributed by atoms with Crippen molar-refractivity contribution in [1.82, 2.24) is 19.3 Å². The Balaban J connectivity index is 1.52. The van der Waals surface area contributed by atoms with E-state index < -0.39 is 0 Å². The maximum absolute atomic E-state index is 13.1. The number of imidazole rings is 1. The summed E-state index contributed by atoms with van der Waals surface area (Å²) in [7, 11) is 0. The van der Waals surface area contributed by atoms with Crippen molar-refractivity contribution >= 4 is 11.6 Å². The Labute approximate surface area is 161 Å². The van der Waals surface area contributed by atoms with Gasteiger partial charge in [0.15, 0.2) is 0 Å². The summed E-state index contributed by atoms with van der Waals surface area (Å²) in [4.78, 5) is 16.8. The highest BCUT2D eigenvalue weighted by molar-refractivity contribution is 6.05. The van der Waals surface area contributed by atoms with Crippen LogP contribution in [0.5, 0.6) is 0 Å². The molecule has 1 N–H and O–H groups in total. The summed E-state index contributed by atoms with van der Waals surface area (Å²) >= 11 is 0. The molecule has 0 unspecified atom stereocenters. The predicted octanol–water partition coefficient (Wildman–Crippen LogP) is 3.82. The standard InChI is InChI=1S/C21H18FN5O/c1-15-20(12-24-27(15)19-7-5-17(22)6-8-19)21(28)25-18-4-2-3-16(11-18)13-26-10-9-23-14-26/h2-12,14H,13H2,1H3,(H,25,28). The van der Waals surface area contributed by atoms with E-state index in [-0.39, 0.29) is 11.7 Å². The third kappa shape index (κ3) is 3.68. The molecule has 140 valence electrons. The van der Waals surface area contributed by atoms with Gasteiger partial charge in [-0.05, 0) is 48.9 Å². The van der Waals surface area contributed by atoms with Crippen LogP contribution in [0.15, 0.2) is 73.4 Å². The number of hydrogen-bond acceptors (Lipinski definition) is 3. The summed E-state index contributed by atoms with van der Waals surface area (Å²) in [6.45, 7) is 2.48. The zero-order valence-corrected chi connectivity index (χ0v) is 15.2. The first-order valence-corrected chi connectivity index (χ1v) is 8.77. The lowest BCUT2D eigenvalue weighted by Crippen LogP contribution is -2.13. The highest BCUT2D eigenvalue weighted by atomic mass is 19.1. The molecule has 0 radical (unpaired) electrons. The Morgan fingerprint density at radius 3 is 2.75 bits per heavy atom. The number of nitrogens with zero attached hydrogens (tertiary/aromatic N) is 4. The van der Waals surface area contributed by atoms with Gasteiger partial charge in [-0.1, -0.05) is 12.1 Å². The molecule has 2 heterocycles. The molecule has 0 aliphatic heterocycles. The van der Waals surface area contributed by atoms with Crippen LogP contribution in [0.2, 0.25) is 0 Å². The number of amides is 1. The topological polar surface area (TPSA) is 64.7 Å². The molecule has 4 aromatic rings. The number of carbonyl (C=O) groups is 1. The molecule has 0 aliphatic carbocycles. The zero-order chi connectivity index (χ0) is 19.5. The molecule has 0 fully saturated rings. The number of halogens is 1. The first kappa shape index (κ1) is 17.7. The van der Waals surface area contributed by atoms with Gasteiger partial charge in [-0.2, -0.15) is 5.10 Å². The van der Waals surface area contributed by atoms with Gasteiger partial charge in [-0.15, -0.1) is 0 Å². The Morgan fingerprint density at radius 1 is 1.18 bits per heavy atom. The number of anilines is 1. The van der Waals surface area contributed by atoms with E-state index in [0.29, 0.717) is 29.2 Å². The maximum atomic E-state index is 13.1. The van der Waals surface area contributed by atoms with Gasteiger partial charge in [0.1, 0.15) is 5.82 Å². The highest BCUT2D eigenvalue weighted by Gasteiger charge is 2.15. The van der Waals surface area contributed by atoms with Crippen LogP contribution in [0.3, 0.4) is 0 Å². The molecule has 28 heavy (non-hydrogen) atoms. The van der Waals surface area contributed by atoms with E-state index >= 15 is 0 Å². The van der Waals surface area contributed by atoms with E-state index in [4.69, 9.17) is 0 Å². The molecule has 7 heteroatoms. The molecule has 4 rings (SSSR count). The molecule has 2 aromatic carbocycles. The average molecular weight is 375 g/mol. The van der Waals surface area contributed by atoms with Gasteiger partial charge in [-0.3, -0.25) is 4.79 Å². The minimum absolute atomic E-state index is 0.245. The van der Waals surface area contributed by atoms with E-state index in [1.165, 1.54) is 18.3 Å². The first-order chi connectivity index (χ1) is 13.6. The summed E-state index contributed by atoms with van der Waals surface area (Å²) in [5.41, 5.74) is 3.59. The first-order valence-electron chi connectivity index (χ1n) is 8.77. The second kappa shape index (κ2) is 7.48. The second-order valence-electron chi connectivity index (χ2n) is 6.42. The van der Waals surface area contributed by atoms with Crippen molar-refractivity contribution < 1.29 is 9.18 Å². The van der Waals surface area contributed by atoms with E-state index in [1.54, 1.807) is 36.3 Å². The maximum Gasteiger partial charge on any atom is 0.259 e. The van der Waals surface area contributed by atoms with Crippen molar-refractivity contribution in [3.8, 4) is 5.69 Å². The van der Waals surface area contributed by atoms with Crippen molar-refractivity contribution in [3.63, 3.8) is 0 Å². The van der Waals surface area contributed by atoms with Crippen LogP contribution in [0.25, 0.3) is 5.69 Å². The monoisotopic (exact) mass is 375 g/mol. The smallest absolute Gasteiger partial charge is 0.259 e. The molecule has 0 saturated heterocycles. The number of rotatable bonds is 5. The van der Waals surface area contributed by atoms with Crippen LogP contribution in [0.4, 0.5) is 10.1 Å². The lowest BCUT2D eigenvalue weighted by molar-refractivity contribution is 0.102. The molecule has 0 saturated carbocycles. The summed E-state index contributed by atoms with van der Waals surface area (Å²) < 4.78 is 16.7. The van der Waals surface area contributed by atoms with Gasteiger partial charge < -0.3 is 9.88 Å². The lowest BCUT2D eigenvalue weighted by Gasteiger charge is -2.09. The van der Waals surface area contributed by atoms with Gasteiger partial charge in [0.05, 0.1) is 29.5 Å². The molecular formula is C21H18FN5O. The van der Waals surface area contributed by atoms with Crippen LogP contribution in [0, 0.1) is 12.7 Å². The molecule has 1 amide bonds. The van der Waals surface area contributed by atoms with Crippen molar-refractivity contribution in [1.29, 1.82) is 0 Å². The number of carbonyl (C=O) groups excluding carboxylic acids is 1. The Hall–Kier alpha value is -3.74. The van der Waals surface area contributed by atoms with E-state index in [9.17, 15) is 9.18 Å². The molecule has 0 bridgehead atoms. The minimum Gasteiger partial charge on any atom is -0.333 e. The van der Waals surface area contributed by atoms with Crippen LogP contribution < -0.4 is 5.32 Å². The molecule has 2 aromatic heterocycles. The van der Waals surface area contributed by atoms with Gasteiger partial charge >= 0.3 is 0 Å². The molecular weight excluding hydrogens is 357 g/mol. The van der Waals surface area contributed by atoms with Crippen molar-refractivity contribution in [2.24, 2.45) is 0 Å². The van der Waals surface area contributed by atoms with Crippen LogP contribution in [-0.4, -0.2) is 25.2 Å². The van der Waals surface area contributed by atoms with Crippen molar-refractivity contribution in [2.45, 2.75) is 13.5 Å². The normalized spacial score (nSPS) is 10.8. The van der Waals surface area contributed by atoms with Crippen molar-refractivity contribution in [2.75, 3.05) is 5.32 Å². The van der Waals surface area contributed by atoms with Crippen molar-refractivity contribution in [3.05, 3.63) is 96.1 Å². The van der Waals surface area contributed by atoms with Gasteiger partial charge in [-0.25, -0.2) is 14.1 Å². The number of benzene rings is 2. The average Bonchev–Trinajstić information content (AvgIpc) is 3.32. The van der Waals surface area contributed by atoms with E-state index in [0.717, 1.165) is 5.56 Å². The van der Waals surface area contributed by atoms with E-state index in [1.807, 2.05) is 35.0 Å². The van der Waals surface area contributed by atoms with Gasteiger partial charge in [0, 0.05) is 24.6 Å². The zero-order valence-electron chi connectivity index (χ0n) is 15.2. The third-order valence-corrected chi connectivity index (χ3v) is 4.43.